The first-order valence-electron chi connectivity index (χ1n) is 15.9. The van der Waals surface area contributed by atoms with E-state index in [1.165, 1.54) is 56.6 Å². The lowest BCUT2D eigenvalue weighted by atomic mass is 9.95. The summed E-state index contributed by atoms with van der Waals surface area (Å²) in [6, 6.07) is 15.0. The van der Waals surface area contributed by atoms with Gasteiger partial charge in [0.05, 0.1) is 39.0 Å². The van der Waals surface area contributed by atoms with Crippen molar-refractivity contribution in [2.75, 3.05) is 39.3 Å². The molecule has 0 aromatic heterocycles. The third-order valence-corrected chi connectivity index (χ3v) is 10.5. The molecule has 1 atom stereocenters. The van der Waals surface area contributed by atoms with Crippen LogP contribution >= 0.6 is 11.6 Å². The molecule has 2 amide bonds. The van der Waals surface area contributed by atoms with Gasteiger partial charge in [0.1, 0.15) is 24.1 Å². The van der Waals surface area contributed by atoms with Gasteiger partial charge in [0.2, 0.25) is 11.8 Å². The summed E-state index contributed by atoms with van der Waals surface area (Å²) in [6.45, 7) is 1.23. The SMILES string of the molecule is CC[C@@H](C(=O)NC1CCCCC1)N(Cc1ccc(OC)cc1)C(=O)CN(c1cc(Cl)ccc1OC)S(=O)(=O)c1ccc(OC)c(OC)c1. The number of carbonyl (C=O) groups is 2. The van der Waals surface area contributed by atoms with Crippen LogP contribution in [0, 0.1) is 0 Å². The van der Waals surface area contributed by atoms with Crippen molar-refractivity contribution in [2.24, 2.45) is 0 Å². The Labute approximate surface area is 288 Å². The highest BCUT2D eigenvalue weighted by atomic mass is 35.5. The van der Waals surface area contributed by atoms with Crippen molar-refractivity contribution in [3.63, 3.8) is 0 Å². The zero-order valence-corrected chi connectivity index (χ0v) is 29.6. The fraction of sp³-hybridized carbons (Fsp3) is 0.429. The maximum absolute atomic E-state index is 14.5. The molecule has 11 nitrogen and oxygen atoms in total. The van der Waals surface area contributed by atoms with Gasteiger partial charge in [0, 0.05) is 23.7 Å². The number of benzene rings is 3. The van der Waals surface area contributed by atoms with Crippen LogP contribution in [-0.2, 0) is 26.2 Å². The van der Waals surface area contributed by atoms with E-state index in [-0.39, 0.29) is 45.6 Å². The van der Waals surface area contributed by atoms with Crippen LogP contribution in [0.2, 0.25) is 5.02 Å². The standard InChI is InChI=1S/C35H44ClN3O8S/c1-6-29(35(41)37-26-10-8-7-9-11-26)38(22-24-12-15-27(44-2)16-13-24)34(40)23-39(30-20-25(36)14-18-31(30)45-3)48(42,43)28-17-19-32(46-4)33(21-28)47-5/h12-21,26,29H,6-11,22-23H2,1-5H3,(H,37,41)/t29-/m0/s1. The number of nitrogens with one attached hydrogen (secondary N) is 1. The van der Waals surface area contributed by atoms with Gasteiger partial charge in [-0.25, -0.2) is 8.42 Å². The second-order valence-corrected chi connectivity index (χ2v) is 13.8. The summed E-state index contributed by atoms with van der Waals surface area (Å²) in [6.07, 6.45) is 5.24. The maximum Gasteiger partial charge on any atom is 0.265 e. The minimum atomic E-state index is -4.45. The van der Waals surface area contributed by atoms with Crippen molar-refractivity contribution in [3.8, 4) is 23.0 Å². The molecular weight excluding hydrogens is 658 g/mol. The van der Waals surface area contributed by atoms with Crippen LogP contribution in [0.25, 0.3) is 0 Å². The Hall–Kier alpha value is -4.16. The van der Waals surface area contributed by atoms with Crippen molar-refractivity contribution in [1.82, 2.24) is 10.2 Å². The third-order valence-electron chi connectivity index (χ3n) is 8.48. The number of ether oxygens (including phenoxy) is 4. The van der Waals surface area contributed by atoms with E-state index >= 15 is 0 Å². The van der Waals surface area contributed by atoms with Crippen LogP contribution in [0.5, 0.6) is 23.0 Å². The summed E-state index contributed by atoms with van der Waals surface area (Å²) in [5, 5.41) is 3.39. The normalized spacial score (nSPS) is 14.0. The van der Waals surface area contributed by atoms with E-state index in [0.717, 1.165) is 42.0 Å². The Morgan fingerprint density at radius 2 is 1.50 bits per heavy atom. The Bertz CT molecular complexity index is 1660. The van der Waals surface area contributed by atoms with Gasteiger partial charge < -0.3 is 29.2 Å². The van der Waals surface area contributed by atoms with Crippen LogP contribution in [-0.4, -0.2) is 72.2 Å². The van der Waals surface area contributed by atoms with E-state index in [4.69, 9.17) is 30.5 Å². The van der Waals surface area contributed by atoms with Gasteiger partial charge in [-0.05, 0) is 67.3 Å². The highest BCUT2D eigenvalue weighted by molar-refractivity contribution is 7.92. The first-order valence-corrected chi connectivity index (χ1v) is 17.7. The van der Waals surface area contributed by atoms with Gasteiger partial charge in [0.15, 0.2) is 11.5 Å². The molecular formula is C35H44ClN3O8S. The number of nitrogens with zero attached hydrogens (tertiary/aromatic N) is 2. The molecule has 0 bridgehead atoms. The molecule has 0 heterocycles. The molecule has 0 saturated heterocycles. The Morgan fingerprint density at radius 3 is 2.10 bits per heavy atom. The predicted octanol–water partition coefficient (Wildman–Crippen LogP) is 5.83. The molecule has 1 fully saturated rings. The second-order valence-electron chi connectivity index (χ2n) is 11.5. The van der Waals surface area contributed by atoms with Gasteiger partial charge in [-0.15, -0.1) is 0 Å². The average Bonchev–Trinajstić information content (AvgIpc) is 3.10. The largest absolute Gasteiger partial charge is 0.497 e. The number of anilines is 1. The van der Waals surface area contributed by atoms with E-state index in [0.29, 0.717) is 17.9 Å². The highest BCUT2D eigenvalue weighted by Crippen LogP contribution is 2.37. The van der Waals surface area contributed by atoms with Crippen LogP contribution in [0.3, 0.4) is 0 Å². The van der Waals surface area contributed by atoms with E-state index in [2.05, 4.69) is 5.32 Å². The lowest BCUT2D eigenvalue weighted by molar-refractivity contribution is -0.140. The van der Waals surface area contributed by atoms with Gasteiger partial charge in [-0.2, -0.15) is 0 Å². The van der Waals surface area contributed by atoms with E-state index in [1.54, 1.807) is 25.3 Å². The van der Waals surface area contributed by atoms with Crippen molar-refractivity contribution >= 4 is 39.1 Å². The second kappa shape index (κ2) is 16.8. The predicted molar refractivity (Wildman–Crippen MR) is 185 cm³/mol. The lowest BCUT2D eigenvalue weighted by Gasteiger charge is -2.34. The lowest BCUT2D eigenvalue weighted by Crippen LogP contribution is -2.54. The molecule has 0 unspecified atom stereocenters. The van der Waals surface area contributed by atoms with E-state index in [1.807, 2.05) is 19.1 Å². The minimum absolute atomic E-state index is 0.0240. The number of carbonyl (C=O) groups excluding carboxylic acids is 2. The van der Waals surface area contributed by atoms with Crippen molar-refractivity contribution < 1.29 is 37.0 Å². The number of hydrogen-bond acceptors (Lipinski definition) is 8. The first kappa shape index (κ1) is 36.7. The number of amides is 2. The Balaban J connectivity index is 1.79. The zero-order valence-electron chi connectivity index (χ0n) is 28.0. The van der Waals surface area contributed by atoms with Crippen LogP contribution in [0.15, 0.2) is 65.6 Å². The molecule has 260 valence electrons. The van der Waals surface area contributed by atoms with Gasteiger partial charge in [0.25, 0.3) is 10.0 Å². The minimum Gasteiger partial charge on any atom is -0.497 e. The topological polar surface area (TPSA) is 124 Å². The number of rotatable bonds is 15. The fourth-order valence-corrected chi connectivity index (χ4v) is 7.47. The van der Waals surface area contributed by atoms with E-state index in [9.17, 15) is 18.0 Å². The third kappa shape index (κ3) is 8.65. The summed E-state index contributed by atoms with van der Waals surface area (Å²) in [7, 11) is 1.35. The van der Waals surface area contributed by atoms with Crippen LogP contribution in [0.1, 0.15) is 51.0 Å². The molecule has 48 heavy (non-hydrogen) atoms. The van der Waals surface area contributed by atoms with Crippen molar-refractivity contribution in [1.29, 1.82) is 0 Å². The smallest absolute Gasteiger partial charge is 0.265 e. The van der Waals surface area contributed by atoms with Gasteiger partial charge in [-0.3, -0.25) is 13.9 Å². The average molecular weight is 702 g/mol. The van der Waals surface area contributed by atoms with Crippen LogP contribution in [0.4, 0.5) is 5.69 Å². The summed E-state index contributed by atoms with van der Waals surface area (Å²) < 4.78 is 51.4. The molecule has 1 N–H and O–H groups in total. The molecule has 0 aliphatic heterocycles. The van der Waals surface area contributed by atoms with Crippen LogP contribution < -0.4 is 28.6 Å². The van der Waals surface area contributed by atoms with Gasteiger partial charge in [-0.1, -0.05) is 49.9 Å². The molecule has 0 radical (unpaired) electrons. The number of hydrogen-bond donors (Lipinski definition) is 1. The quantitative estimate of drug-likeness (QED) is 0.210. The number of sulfonamides is 1. The molecule has 3 aromatic carbocycles. The molecule has 3 aromatic rings. The number of halogens is 1. The Morgan fingerprint density at radius 1 is 0.854 bits per heavy atom. The monoisotopic (exact) mass is 701 g/mol. The molecule has 1 aliphatic carbocycles. The Kier molecular flexibility index (Phi) is 12.8. The molecule has 0 spiro atoms. The molecule has 1 saturated carbocycles. The molecule has 4 rings (SSSR count). The van der Waals surface area contributed by atoms with Crippen molar-refractivity contribution in [2.45, 2.75) is 69.0 Å². The highest BCUT2D eigenvalue weighted by Gasteiger charge is 2.36. The first-order chi connectivity index (χ1) is 23.1. The van der Waals surface area contributed by atoms with E-state index < -0.39 is 28.5 Å². The molecule has 13 heteroatoms. The maximum atomic E-state index is 14.5. The summed E-state index contributed by atoms with van der Waals surface area (Å²) in [5.41, 5.74) is 0.792. The summed E-state index contributed by atoms with van der Waals surface area (Å²) >= 11 is 6.37. The fourth-order valence-electron chi connectivity index (χ4n) is 5.87. The molecule has 1 aliphatic rings. The van der Waals surface area contributed by atoms with Crippen molar-refractivity contribution in [3.05, 3.63) is 71.2 Å². The summed E-state index contributed by atoms with van der Waals surface area (Å²) in [4.78, 5) is 29.6. The summed E-state index contributed by atoms with van der Waals surface area (Å²) in [5.74, 6) is 0.469. The van der Waals surface area contributed by atoms with Gasteiger partial charge >= 0.3 is 0 Å². The zero-order chi connectivity index (χ0) is 34.8. The number of methoxy groups -OCH3 is 4.